The van der Waals surface area contributed by atoms with E-state index in [0.29, 0.717) is 12.0 Å². The molecule has 3 nitrogen and oxygen atoms in total. The number of fused-ring (bicyclic) bond motifs is 1. The second-order valence-electron chi connectivity index (χ2n) is 4.59. The summed E-state index contributed by atoms with van der Waals surface area (Å²) in [6, 6.07) is 10.6. The van der Waals surface area contributed by atoms with E-state index in [1.807, 2.05) is 17.5 Å². The molecule has 2 aromatic heterocycles. The van der Waals surface area contributed by atoms with Crippen LogP contribution in [0.2, 0.25) is 0 Å². The number of hydrogen-bond acceptors (Lipinski definition) is 4. The minimum absolute atomic E-state index is 0.161. The number of hydrogen-bond donors (Lipinski definition) is 2. The van der Waals surface area contributed by atoms with Crippen molar-refractivity contribution in [3.05, 3.63) is 64.9 Å². The first-order valence-electron chi connectivity index (χ1n) is 6.30. The van der Waals surface area contributed by atoms with Gasteiger partial charge in [-0.3, -0.25) is 16.3 Å². The molecule has 0 aliphatic heterocycles. The van der Waals surface area contributed by atoms with E-state index < -0.39 is 0 Å². The Morgan fingerprint density at radius 3 is 2.95 bits per heavy atom. The first kappa shape index (κ1) is 13.2. The van der Waals surface area contributed by atoms with E-state index in [9.17, 15) is 4.39 Å². The minimum atomic E-state index is -0.210. The number of benzene rings is 1. The Bertz CT molecular complexity index is 726. The molecule has 1 atom stereocenters. The van der Waals surface area contributed by atoms with Gasteiger partial charge in [-0.25, -0.2) is 4.39 Å². The predicted octanol–water partition coefficient (Wildman–Crippen LogP) is 3.18. The number of pyridine rings is 1. The molecule has 0 spiro atoms. The Labute approximate surface area is 120 Å². The highest BCUT2D eigenvalue weighted by Gasteiger charge is 2.14. The molecular weight excluding hydrogens is 273 g/mol. The molecule has 1 unspecified atom stereocenters. The average molecular weight is 287 g/mol. The highest BCUT2D eigenvalue weighted by Crippen LogP contribution is 2.25. The van der Waals surface area contributed by atoms with Crippen molar-refractivity contribution in [3.8, 4) is 0 Å². The lowest BCUT2D eigenvalue weighted by molar-refractivity contribution is 0.528. The molecule has 0 bridgehead atoms. The van der Waals surface area contributed by atoms with Crippen LogP contribution < -0.4 is 11.3 Å². The van der Waals surface area contributed by atoms with Crippen molar-refractivity contribution in [1.82, 2.24) is 10.4 Å². The van der Waals surface area contributed by atoms with Crippen molar-refractivity contribution in [2.24, 2.45) is 5.84 Å². The van der Waals surface area contributed by atoms with Crippen molar-refractivity contribution >= 4 is 21.6 Å². The third-order valence-electron chi connectivity index (χ3n) is 3.31. The number of nitrogens with two attached hydrogens (primary N) is 1. The van der Waals surface area contributed by atoms with E-state index in [-0.39, 0.29) is 11.9 Å². The van der Waals surface area contributed by atoms with Crippen LogP contribution in [0.15, 0.2) is 48.0 Å². The Morgan fingerprint density at radius 1 is 1.30 bits per heavy atom. The van der Waals surface area contributed by atoms with Gasteiger partial charge in [0.25, 0.3) is 0 Å². The van der Waals surface area contributed by atoms with Crippen molar-refractivity contribution in [1.29, 1.82) is 0 Å². The van der Waals surface area contributed by atoms with Crippen LogP contribution in [0.4, 0.5) is 4.39 Å². The van der Waals surface area contributed by atoms with Crippen molar-refractivity contribution in [3.63, 3.8) is 0 Å². The summed E-state index contributed by atoms with van der Waals surface area (Å²) in [6.07, 6.45) is 2.28. The van der Waals surface area contributed by atoms with E-state index in [0.717, 1.165) is 15.8 Å². The predicted molar refractivity (Wildman–Crippen MR) is 79.8 cm³/mol. The maximum Gasteiger partial charge on any atom is 0.126 e. The van der Waals surface area contributed by atoms with E-state index in [1.54, 1.807) is 29.7 Å². The molecule has 2 heterocycles. The average Bonchev–Trinajstić information content (AvgIpc) is 2.94. The third kappa shape index (κ3) is 2.56. The van der Waals surface area contributed by atoms with Crippen LogP contribution in [-0.2, 0) is 6.42 Å². The summed E-state index contributed by atoms with van der Waals surface area (Å²) in [5, 5.41) is 2.00. The Hall–Kier alpha value is -1.82. The molecule has 0 amide bonds. The molecule has 0 fully saturated rings. The number of hydrazine groups is 1. The van der Waals surface area contributed by atoms with E-state index in [2.05, 4.69) is 16.5 Å². The summed E-state index contributed by atoms with van der Waals surface area (Å²) < 4.78 is 14.8. The number of aromatic nitrogens is 1. The molecule has 1 aromatic carbocycles. The summed E-state index contributed by atoms with van der Waals surface area (Å²) in [5.41, 5.74) is 5.33. The molecule has 3 aromatic rings. The second-order valence-corrected chi connectivity index (χ2v) is 5.54. The summed E-state index contributed by atoms with van der Waals surface area (Å²) in [6.45, 7) is 0. The molecule has 0 aliphatic rings. The second kappa shape index (κ2) is 5.66. The lowest BCUT2D eigenvalue weighted by Gasteiger charge is -2.16. The topological polar surface area (TPSA) is 50.9 Å². The first-order chi connectivity index (χ1) is 9.78. The van der Waals surface area contributed by atoms with Crippen LogP contribution in [-0.4, -0.2) is 4.98 Å². The maximum atomic E-state index is 13.7. The Balaban J connectivity index is 1.91. The van der Waals surface area contributed by atoms with Gasteiger partial charge in [-0.15, -0.1) is 11.3 Å². The number of halogens is 1. The van der Waals surface area contributed by atoms with Gasteiger partial charge in [-0.05, 0) is 41.1 Å². The summed E-state index contributed by atoms with van der Waals surface area (Å²) in [7, 11) is 0. The molecule has 102 valence electrons. The van der Waals surface area contributed by atoms with Crippen LogP contribution in [0.5, 0.6) is 0 Å². The lowest BCUT2D eigenvalue weighted by atomic mass is 10.0. The molecule has 0 radical (unpaired) electrons. The van der Waals surface area contributed by atoms with E-state index in [1.165, 1.54) is 6.07 Å². The number of thiophene rings is 1. The van der Waals surface area contributed by atoms with Gasteiger partial charge in [0, 0.05) is 6.20 Å². The fourth-order valence-electron chi connectivity index (χ4n) is 2.21. The van der Waals surface area contributed by atoms with Gasteiger partial charge in [-0.2, -0.15) is 0 Å². The fourth-order valence-corrected chi connectivity index (χ4v) is 3.00. The van der Waals surface area contributed by atoms with Gasteiger partial charge in [0.2, 0.25) is 0 Å². The van der Waals surface area contributed by atoms with Crippen molar-refractivity contribution < 1.29 is 4.39 Å². The van der Waals surface area contributed by atoms with Gasteiger partial charge < -0.3 is 0 Å². The van der Waals surface area contributed by atoms with Gasteiger partial charge in [-0.1, -0.05) is 18.2 Å². The van der Waals surface area contributed by atoms with Crippen molar-refractivity contribution in [2.45, 2.75) is 12.5 Å². The lowest BCUT2D eigenvalue weighted by Crippen LogP contribution is -2.29. The molecule has 5 heteroatoms. The van der Waals surface area contributed by atoms with Gasteiger partial charge >= 0.3 is 0 Å². The summed E-state index contributed by atoms with van der Waals surface area (Å²) in [4.78, 5) is 4.40. The minimum Gasteiger partial charge on any atom is -0.271 e. The van der Waals surface area contributed by atoms with Gasteiger partial charge in [0.15, 0.2) is 0 Å². The third-order valence-corrected chi connectivity index (χ3v) is 4.16. The van der Waals surface area contributed by atoms with E-state index in [4.69, 9.17) is 5.84 Å². The highest BCUT2D eigenvalue weighted by molar-refractivity contribution is 7.17. The van der Waals surface area contributed by atoms with Gasteiger partial charge in [0.05, 0.1) is 16.3 Å². The van der Waals surface area contributed by atoms with Crippen LogP contribution in [0, 0.1) is 5.82 Å². The Kier molecular flexibility index (Phi) is 3.73. The zero-order chi connectivity index (χ0) is 13.9. The molecule has 0 saturated carbocycles. The highest BCUT2D eigenvalue weighted by atomic mass is 32.1. The fraction of sp³-hybridized carbons (Fsp3) is 0.133. The standard InChI is InChI=1S/C15H14FN3S/c16-12-4-2-1-3-10(12)7-14(19-17)11-8-15-13(18-9-11)5-6-20-15/h1-6,8-9,14,19H,7,17H2. The Morgan fingerprint density at radius 2 is 2.15 bits per heavy atom. The molecule has 0 aliphatic carbocycles. The van der Waals surface area contributed by atoms with Crippen LogP contribution in [0.25, 0.3) is 10.2 Å². The largest absolute Gasteiger partial charge is 0.271 e. The maximum absolute atomic E-state index is 13.7. The van der Waals surface area contributed by atoms with E-state index >= 15 is 0 Å². The zero-order valence-corrected chi connectivity index (χ0v) is 11.5. The summed E-state index contributed by atoms with van der Waals surface area (Å²) in [5.74, 6) is 5.41. The number of rotatable bonds is 4. The number of nitrogens with zero attached hydrogens (tertiary/aromatic N) is 1. The first-order valence-corrected chi connectivity index (χ1v) is 7.18. The SMILES string of the molecule is NNC(Cc1ccccc1F)c1cnc2ccsc2c1. The molecule has 0 saturated heterocycles. The summed E-state index contributed by atoms with van der Waals surface area (Å²) >= 11 is 1.63. The van der Waals surface area contributed by atoms with Gasteiger partial charge in [0.1, 0.15) is 5.82 Å². The monoisotopic (exact) mass is 287 g/mol. The molecule has 20 heavy (non-hydrogen) atoms. The molecule has 3 N–H and O–H groups in total. The smallest absolute Gasteiger partial charge is 0.126 e. The number of nitrogens with one attached hydrogen (secondary N) is 1. The molecule has 3 rings (SSSR count). The molecular formula is C15H14FN3S. The van der Waals surface area contributed by atoms with Crippen LogP contribution in [0.3, 0.4) is 0 Å². The zero-order valence-electron chi connectivity index (χ0n) is 10.7. The van der Waals surface area contributed by atoms with Crippen LogP contribution >= 0.6 is 11.3 Å². The quantitative estimate of drug-likeness (QED) is 0.572. The normalized spacial score (nSPS) is 12.7. The van der Waals surface area contributed by atoms with Crippen molar-refractivity contribution in [2.75, 3.05) is 0 Å². The van der Waals surface area contributed by atoms with Crippen LogP contribution in [0.1, 0.15) is 17.2 Å².